The molecule has 16 heteroatoms. The topological polar surface area (TPSA) is 251 Å². The number of benzene rings is 1. The van der Waals surface area contributed by atoms with Gasteiger partial charge < -0.3 is 38.1 Å². The SMILES string of the molecule is CC(=O)NCC(=O)NC(CCC(N)=O)C(=O)NCC(=O)N[C@@H](CCCNC(=N)N)C(=O)c1nc2ccccc2s1. The molecular weight excluding hydrogens is 542 g/mol. The van der Waals surface area contributed by atoms with E-state index in [0.29, 0.717) is 18.5 Å². The zero-order valence-corrected chi connectivity index (χ0v) is 22.7. The number of rotatable bonds is 16. The van der Waals surface area contributed by atoms with E-state index in [9.17, 15) is 28.8 Å². The maximum absolute atomic E-state index is 13.2. The number of guanidine groups is 1. The number of hydrogen-bond acceptors (Lipinski definition) is 9. The fourth-order valence-corrected chi connectivity index (χ4v) is 4.43. The van der Waals surface area contributed by atoms with Crippen LogP contribution in [0.4, 0.5) is 0 Å². The summed E-state index contributed by atoms with van der Waals surface area (Å²) in [4.78, 5) is 77.3. The first-order valence-electron chi connectivity index (χ1n) is 12.3. The molecule has 0 bridgehead atoms. The van der Waals surface area contributed by atoms with Gasteiger partial charge in [0.05, 0.1) is 29.3 Å². The molecule has 1 aromatic heterocycles. The van der Waals surface area contributed by atoms with Crippen molar-refractivity contribution in [2.45, 2.75) is 44.7 Å². The number of nitrogens with two attached hydrogens (primary N) is 2. The molecule has 15 nitrogen and oxygen atoms in total. The number of aromatic nitrogens is 1. The molecule has 2 atom stereocenters. The van der Waals surface area contributed by atoms with Gasteiger partial charge in [-0.1, -0.05) is 12.1 Å². The number of ketones is 1. The van der Waals surface area contributed by atoms with E-state index in [1.165, 1.54) is 18.3 Å². The van der Waals surface area contributed by atoms with E-state index >= 15 is 0 Å². The van der Waals surface area contributed by atoms with E-state index in [4.69, 9.17) is 16.9 Å². The summed E-state index contributed by atoms with van der Waals surface area (Å²) >= 11 is 1.19. The molecule has 0 aliphatic rings. The van der Waals surface area contributed by atoms with Crippen molar-refractivity contribution >= 4 is 62.8 Å². The first-order valence-corrected chi connectivity index (χ1v) is 13.1. The van der Waals surface area contributed by atoms with Crippen LogP contribution in [0.2, 0.25) is 0 Å². The van der Waals surface area contributed by atoms with Gasteiger partial charge in [0.15, 0.2) is 11.0 Å². The molecule has 0 aliphatic heterocycles. The Kier molecular flexibility index (Phi) is 12.4. The number of carbonyl (C=O) groups excluding carboxylic acids is 6. The van der Waals surface area contributed by atoms with Crippen LogP contribution in [0.5, 0.6) is 0 Å². The van der Waals surface area contributed by atoms with Crippen molar-refractivity contribution in [2.24, 2.45) is 11.5 Å². The van der Waals surface area contributed by atoms with Crippen molar-refractivity contribution in [3.05, 3.63) is 29.3 Å². The Hall–Kier alpha value is -4.60. The Morgan fingerprint density at radius 2 is 1.57 bits per heavy atom. The van der Waals surface area contributed by atoms with Crippen LogP contribution in [-0.4, -0.2) is 78.0 Å². The molecule has 0 spiro atoms. The molecule has 0 aliphatic carbocycles. The lowest BCUT2D eigenvalue weighted by Crippen LogP contribution is -2.52. The van der Waals surface area contributed by atoms with Crippen molar-refractivity contribution in [1.29, 1.82) is 5.41 Å². The van der Waals surface area contributed by atoms with Crippen molar-refractivity contribution in [3.8, 4) is 0 Å². The molecule has 0 radical (unpaired) electrons. The van der Waals surface area contributed by atoms with E-state index in [1.807, 2.05) is 12.1 Å². The van der Waals surface area contributed by atoms with Gasteiger partial charge in [0.1, 0.15) is 6.04 Å². The standard InChI is InChI=1S/C24H33N9O6S/c1-13(34)29-11-19(36)32-16(8-9-18(25)35)22(39)30-12-20(37)31-15(6-4-10-28-24(26)27)21(38)23-33-14-5-2-3-7-17(14)40-23/h2-3,5,7,15-16H,4,6,8-12H2,1H3,(H2,25,35)(H,29,34)(H,30,39)(H,31,37)(H,32,36)(H4,26,27,28)/t15-,16?/m0/s1. The lowest BCUT2D eigenvalue weighted by molar-refractivity contribution is -0.131. The number of nitrogens with one attached hydrogen (secondary N) is 6. The maximum Gasteiger partial charge on any atom is 0.243 e. The van der Waals surface area contributed by atoms with Crippen LogP contribution in [0.25, 0.3) is 10.2 Å². The molecule has 1 heterocycles. The molecule has 0 saturated carbocycles. The Morgan fingerprint density at radius 1 is 0.925 bits per heavy atom. The molecule has 10 N–H and O–H groups in total. The van der Waals surface area contributed by atoms with Gasteiger partial charge >= 0.3 is 0 Å². The molecule has 5 amide bonds. The number of para-hydroxylation sites is 1. The smallest absolute Gasteiger partial charge is 0.243 e. The summed E-state index contributed by atoms with van der Waals surface area (Å²) in [7, 11) is 0. The summed E-state index contributed by atoms with van der Waals surface area (Å²) in [6.45, 7) is 0.607. The second kappa shape index (κ2) is 15.7. The highest BCUT2D eigenvalue weighted by atomic mass is 32.1. The fourth-order valence-electron chi connectivity index (χ4n) is 3.47. The van der Waals surface area contributed by atoms with Gasteiger partial charge in [-0.2, -0.15) is 0 Å². The lowest BCUT2D eigenvalue weighted by atomic mass is 10.1. The van der Waals surface area contributed by atoms with E-state index in [0.717, 1.165) is 4.70 Å². The number of nitrogens with zero attached hydrogens (tertiary/aromatic N) is 1. The van der Waals surface area contributed by atoms with Crippen molar-refractivity contribution in [1.82, 2.24) is 31.6 Å². The molecule has 40 heavy (non-hydrogen) atoms. The number of Topliss-reactive ketones (excluding diaryl/α,β-unsaturated/α-hetero) is 1. The average Bonchev–Trinajstić information content (AvgIpc) is 3.34. The van der Waals surface area contributed by atoms with Crippen LogP contribution in [-0.2, 0) is 24.0 Å². The van der Waals surface area contributed by atoms with Gasteiger partial charge in [0.2, 0.25) is 35.3 Å². The highest BCUT2D eigenvalue weighted by molar-refractivity contribution is 7.20. The van der Waals surface area contributed by atoms with Crippen LogP contribution in [0.3, 0.4) is 0 Å². The molecule has 0 fully saturated rings. The quantitative estimate of drug-likeness (QED) is 0.0487. The van der Waals surface area contributed by atoms with Gasteiger partial charge in [0.25, 0.3) is 0 Å². The van der Waals surface area contributed by atoms with Gasteiger partial charge in [-0.15, -0.1) is 11.3 Å². The number of primary amides is 1. The van der Waals surface area contributed by atoms with E-state index in [2.05, 4.69) is 31.6 Å². The summed E-state index contributed by atoms with van der Waals surface area (Å²) in [6, 6.07) is 5.05. The second-order valence-electron chi connectivity index (χ2n) is 8.71. The third-order valence-electron chi connectivity index (χ3n) is 5.39. The van der Waals surface area contributed by atoms with Crippen LogP contribution < -0.4 is 38.1 Å². The van der Waals surface area contributed by atoms with Gasteiger partial charge in [-0.3, -0.25) is 34.2 Å². The highest BCUT2D eigenvalue weighted by Gasteiger charge is 2.26. The lowest BCUT2D eigenvalue weighted by Gasteiger charge is -2.20. The summed E-state index contributed by atoms with van der Waals surface area (Å²) in [5.74, 6) is -3.88. The molecular formula is C24H33N9O6S. The maximum atomic E-state index is 13.2. The minimum atomic E-state index is -1.20. The Balaban J connectivity index is 2.04. The molecule has 0 saturated heterocycles. The number of carbonyl (C=O) groups is 6. The minimum absolute atomic E-state index is 0.129. The molecule has 2 rings (SSSR count). The normalized spacial score (nSPS) is 12.0. The van der Waals surface area contributed by atoms with Crippen molar-refractivity contribution in [2.75, 3.05) is 19.6 Å². The Labute approximate surface area is 233 Å². The predicted octanol–water partition coefficient (Wildman–Crippen LogP) is -1.77. The van der Waals surface area contributed by atoms with Gasteiger partial charge in [0, 0.05) is 19.9 Å². The Morgan fingerprint density at radius 3 is 2.20 bits per heavy atom. The molecule has 216 valence electrons. The zero-order chi connectivity index (χ0) is 29.7. The Bertz CT molecular complexity index is 1230. The number of amides is 5. The number of thiazole rings is 1. The monoisotopic (exact) mass is 575 g/mol. The minimum Gasteiger partial charge on any atom is -0.370 e. The first kappa shape index (κ1) is 31.6. The van der Waals surface area contributed by atoms with E-state index in [1.54, 1.807) is 12.1 Å². The van der Waals surface area contributed by atoms with E-state index < -0.39 is 53.9 Å². The zero-order valence-electron chi connectivity index (χ0n) is 21.9. The largest absolute Gasteiger partial charge is 0.370 e. The van der Waals surface area contributed by atoms with Gasteiger partial charge in [-0.25, -0.2) is 4.98 Å². The summed E-state index contributed by atoms with van der Waals surface area (Å²) < 4.78 is 0.809. The van der Waals surface area contributed by atoms with Crippen molar-refractivity contribution in [3.63, 3.8) is 0 Å². The summed E-state index contributed by atoms with van der Waals surface area (Å²) in [5, 5.41) is 19.8. The first-order chi connectivity index (χ1) is 19.0. The summed E-state index contributed by atoms with van der Waals surface area (Å²) in [6.07, 6.45) is 0.256. The molecule has 2 aromatic rings. The number of hydrogen-bond donors (Lipinski definition) is 8. The van der Waals surface area contributed by atoms with Crippen LogP contribution in [0.15, 0.2) is 24.3 Å². The van der Waals surface area contributed by atoms with Gasteiger partial charge in [-0.05, 0) is 31.4 Å². The third-order valence-corrected chi connectivity index (χ3v) is 6.44. The summed E-state index contributed by atoms with van der Waals surface area (Å²) in [5.41, 5.74) is 11.1. The number of fused-ring (bicyclic) bond motifs is 1. The molecule has 1 unspecified atom stereocenters. The van der Waals surface area contributed by atoms with E-state index in [-0.39, 0.29) is 36.8 Å². The van der Waals surface area contributed by atoms with Crippen molar-refractivity contribution < 1.29 is 28.8 Å². The third kappa shape index (κ3) is 11.0. The fraction of sp³-hybridized carbons (Fsp3) is 0.417. The predicted molar refractivity (Wildman–Crippen MR) is 147 cm³/mol. The highest BCUT2D eigenvalue weighted by Crippen LogP contribution is 2.23. The van der Waals surface area contributed by atoms with Crippen LogP contribution in [0.1, 0.15) is 42.4 Å². The van der Waals surface area contributed by atoms with Crippen LogP contribution in [0, 0.1) is 5.41 Å². The average molecular weight is 576 g/mol. The second-order valence-corrected chi connectivity index (χ2v) is 9.74. The molecule has 1 aromatic carbocycles. The van der Waals surface area contributed by atoms with Crippen LogP contribution >= 0.6 is 11.3 Å².